The van der Waals surface area contributed by atoms with Crippen molar-refractivity contribution in [3.8, 4) is 0 Å². The first-order valence-corrected chi connectivity index (χ1v) is 6.55. The Balaban J connectivity index is 2.32. The Morgan fingerprint density at radius 2 is 2.06 bits per heavy atom. The highest BCUT2D eigenvalue weighted by molar-refractivity contribution is 5.98. The van der Waals surface area contributed by atoms with Crippen molar-refractivity contribution in [3.63, 3.8) is 0 Å². The first-order chi connectivity index (χ1) is 8.41. The molecule has 0 aromatic rings. The summed E-state index contributed by atoms with van der Waals surface area (Å²) in [5.41, 5.74) is 2.06. The van der Waals surface area contributed by atoms with Gasteiger partial charge in [-0.2, -0.15) is 0 Å². The van der Waals surface area contributed by atoms with Gasteiger partial charge in [-0.15, -0.1) is 0 Å². The Morgan fingerprint density at radius 3 is 2.67 bits per heavy atom. The minimum atomic E-state index is -0.765. The number of carboxylic acid groups (broad SMARTS) is 1. The van der Waals surface area contributed by atoms with Crippen molar-refractivity contribution in [2.24, 2.45) is 23.7 Å². The lowest BCUT2D eigenvalue weighted by atomic mass is 9.84. The number of carbonyl (C=O) groups is 2. The van der Waals surface area contributed by atoms with Gasteiger partial charge >= 0.3 is 5.97 Å². The van der Waals surface area contributed by atoms with Gasteiger partial charge in [0.1, 0.15) is 0 Å². The molecule has 3 unspecified atom stereocenters. The summed E-state index contributed by atoms with van der Waals surface area (Å²) in [6, 6.07) is 0. The Kier molecular flexibility index (Phi) is 3.42. The fourth-order valence-electron chi connectivity index (χ4n) is 3.04. The topological polar surface area (TPSA) is 54.4 Å². The maximum Gasteiger partial charge on any atom is 0.306 e. The van der Waals surface area contributed by atoms with E-state index in [-0.39, 0.29) is 11.7 Å². The van der Waals surface area contributed by atoms with Crippen LogP contribution in [0.2, 0.25) is 0 Å². The fraction of sp³-hybridized carbons (Fsp3) is 0.600. The summed E-state index contributed by atoms with van der Waals surface area (Å²) in [7, 11) is 0. The minimum Gasteiger partial charge on any atom is -0.481 e. The van der Waals surface area contributed by atoms with Crippen LogP contribution >= 0.6 is 0 Å². The van der Waals surface area contributed by atoms with E-state index in [9.17, 15) is 9.59 Å². The summed E-state index contributed by atoms with van der Waals surface area (Å²) in [4.78, 5) is 22.9. The lowest BCUT2D eigenvalue weighted by Crippen LogP contribution is -2.19. The molecule has 0 fully saturated rings. The molecule has 18 heavy (non-hydrogen) atoms. The van der Waals surface area contributed by atoms with Gasteiger partial charge in [0.2, 0.25) is 0 Å². The highest BCUT2D eigenvalue weighted by Gasteiger charge is 2.36. The molecule has 98 valence electrons. The molecule has 4 atom stereocenters. The van der Waals surface area contributed by atoms with Crippen LogP contribution in [-0.4, -0.2) is 16.9 Å². The molecule has 1 N–H and O–H groups in total. The van der Waals surface area contributed by atoms with Gasteiger partial charge in [0.25, 0.3) is 0 Å². The molecular weight excluding hydrogens is 228 g/mol. The monoisotopic (exact) mass is 248 g/mol. The third kappa shape index (κ3) is 2.14. The number of rotatable bonds is 2. The maximum atomic E-state index is 11.8. The first-order valence-electron chi connectivity index (χ1n) is 6.55. The molecule has 0 aromatic heterocycles. The van der Waals surface area contributed by atoms with Gasteiger partial charge < -0.3 is 5.11 Å². The molecule has 2 rings (SSSR count). The smallest absolute Gasteiger partial charge is 0.306 e. The number of hydrogen-bond donors (Lipinski definition) is 1. The van der Waals surface area contributed by atoms with E-state index in [1.807, 2.05) is 13.0 Å². The summed E-state index contributed by atoms with van der Waals surface area (Å²) in [6.07, 6.45) is 5.44. The average Bonchev–Trinajstić information content (AvgIpc) is 2.50. The van der Waals surface area contributed by atoms with Crippen LogP contribution in [0.5, 0.6) is 0 Å². The first kappa shape index (κ1) is 13.1. The molecule has 0 aliphatic heterocycles. The zero-order valence-electron chi connectivity index (χ0n) is 11.1. The van der Waals surface area contributed by atoms with Crippen LogP contribution in [0, 0.1) is 23.7 Å². The van der Waals surface area contributed by atoms with Crippen molar-refractivity contribution in [2.45, 2.75) is 33.6 Å². The number of hydrogen-bond acceptors (Lipinski definition) is 2. The molecule has 0 radical (unpaired) electrons. The van der Waals surface area contributed by atoms with Crippen molar-refractivity contribution in [1.29, 1.82) is 0 Å². The summed E-state index contributed by atoms with van der Waals surface area (Å²) >= 11 is 0. The van der Waals surface area contributed by atoms with Crippen LogP contribution in [0.15, 0.2) is 23.3 Å². The fourth-order valence-corrected chi connectivity index (χ4v) is 3.04. The van der Waals surface area contributed by atoms with Crippen molar-refractivity contribution < 1.29 is 14.7 Å². The molecular formula is C15H20O3. The van der Waals surface area contributed by atoms with E-state index in [1.165, 1.54) is 5.57 Å². The molecule has 3 nitrogen and oxygen atoms in total. The Bertz CT molecular complexity index is 445. The number of carbonyl (C=O) groups excluding carboxylic acids is 1. The lowest BCUT2D eigenvalue weighted by molar-refractivity contribution is -0.142. The third-order valence-corrected chi connectivity index (χ3v) is 4.54. The van der Waals surface area contributed by atoms with Gasteiger partial charge in [0, 0.05) is 6.42 Å². The van der Waals surface area contributed by atoms with Crippen LogP contribution in [0.25, 0.3) is 0 Å². The van der Waals surface area contributed by atoms with Gasteiger partial charge in [-0.1, -0.05) is 31.6 Å². The predicted molar refractivity (Wildman–Crippen MR) is 69.0 cm³/mol. The number of fused-ring (bicyclic) bond motifs is 1. The zero-order chi connectivity index (χ0) is 13.4. The number of carboxylic acids is 1. The third-order valence-electron chi connectivity index (χ3n) is 4.54. The van der Waals surface area contributed by atoms with Crippen LogP contribution in [0.3, 0.4) is 0 Å². The molecule has 0 saturated carbocycles. The van der Waals surface area contributed by atoms with E-state index in [0.717, 1.165) is 12.0 Å². The van der Waals surface area contributed by atoms with Gasteiger partial charge in [0.05, 0.1) is 5.92 Å². The van der Waals surface area contributed by atoms with Gasteiger partial charge in [-0.3, -0.25) is 9.59 Å². The van der Waals surface area contributed by atoms with Gasteiger partial charge in [-0.05, 0) is 36.7 Å². The molecule has 0 bridgehead atoms. The number of aliphatic carboxylic acids is 1. The largest absolute Gasteiger partial charge is 0.481 e. The second-order valence-corrected chi connectivity index (χ2v) is 5.62. The standard InChI is InChI=1S/C15H20O3/c1-8-4-5-11(9(2)15(17)18)6-13-10(3)14(16)7-12(8)13/h4-5,8-9,11-12H,6-7H2,1-3H3,(H,17,18)/t8?,9?,11-,12?/m1/s1. The van der Waals surface area contributed by atoms with Crippen molar-refractivity contribution in [2.75, 3.05) is 0 Å². The molecule has 2 aliphatic rings. The highest BCUT2D eigenvalue weighted by Crippen LogP contribution is 2.42. The van der Waals surface area contributed by atoms with Gasteiger partial charge in [-0.25, -0.2) is 0 Å². The molecule has 0 saturated heterocycles. The predicted octanol–water partition coefficient (Wildman–Crippen LogP) is 2.82. The van der Waals surface area contributed by atoms with Crippen LogP contribution < -0.4 is 0 Å². The quantitative estimate of drug-likeness (QED) is 0.764. The van der Waals surface area contributed by atoms with E-state index >= 15 is 0 Å². The molecule has 3 heteroatoms. The Hall–Kier alpha value is -1.38. The summed E-state index contributed by atoms with van der Waals surface area (Å²) in [5.74, 6) is -0.307. The van der Waals surface area contributed by atoms with E-state index < -0.39 is 11.9 Å². The van der Waals surface area contributed by atoms with Crippen LogP contribution in [0.4, 0.5) is 0 Å². The minimum absolute atomic E-state index is 0.00537. The Labute approximate surface area is 108 Å². The van der Waals surface area contributed by atoms with E-state index in [4.69, 9.17) is 5.11 Å². The van der Waals surface area contributed by atoms with Crippen molar-refractivity contribution in [3.05, 3.63) is 23.3 Å². The number of ketones is 1. The van der Waals surface area contributed by atoms with Crippen LogP contribution in [0.1, 0.15) is 33.6 Å². The summed E-state index contributed by atoms with van der Waals surface area (Å²) in [5, 5.41) is 9.13. The highest BCUT2D eigenvalue weighted by atomic mass is 16.4. The molecule has 0 heterocycles. The van der Waals surface area contributed by atoms with Crippen molar-refractivity contribution >= 4 is 11.8 Å². The second kappa shape index (κ2) is 4.71. The van der Waals surface area contributed by atoms with E-state index in [2.05, 4.69) is 13.0 Å². The molecule has 0 amide bonds. The number of allylic oxidation sites excluding steroid dienone is 4. The van der Waals surface area contributed by atoms with Crippen molar-refractivity contribution in [1.82, 2.24) is 0 Å². The molecule has 2 aliphatic carbocycles. The second-order valence-electron chi connectivity index (χ2n) is 5.62. The van der Waals surface area contributed by atoms with E-state index in [0.29, 0.717) is 18.3 Å². The summed E-state index contributed by atoms with van der Waals surface area (Å²) in [6.45, 7) is 5.74. The number of Topliss-reactive ketones (excluding diaryl/α,β-unsaturated/α-hetero) is 1. The zero-order valence-corrected chi connectivity index (χ0v) is 11.1. The lowest BCUT2D eigenvalue weighted by Gasteiger charge is -2.20. The molecule has 0 aromatic carbocycles. The Morgan fingerprint density at radius 1 is 1.39 bits per heavy atom. The molecule has 0 spiro atoms. The van der Waals surface area contributed by atoms with Crippen LogP contribution in [-0.2, 0) is 9.59 Å². The average molecular weight is 248 g/mol. The van der Waals surface area contributed by atoms with E-state index in [1.54, 1.807) is 6.92 Å². The normalized spacial score (nSPS) is 33.3. The van der Waals surface area contributed by atoms with Gasteiger partial charge in [0.15, 0.2) is 5.78 Å². The maximum absolute atomic E-state index is 11.8. The SMILES string of the molecule is CC1=C2C[C@H](C(C)C(=O)O)C=CC(C)C2CC1=O. The summed E-state index contributed by atoms with van der Waals surface area (Å²) < 4.78 is 0.